The first kappa shape index (κ1) is 17.3. The van der Waals surface area contributed by atoms with E-state index >= 15 is 0 Å². The molecule has 5 aromatic rings. The molecule has 140 valence electrons. The van der Waals surface area contributed by atoms with Crippen LogP contribution in [-0.2, 0) is 0 Å². The van der Waals surface area contributed by atoms with Gasteiger partial charge < -0.3 is 9.47 Å². The van der Waals surface area contributed by atoms with Gasteiger partial charge >= 0.3 is 0 Å². The number of fused-ring (bicyclic) bond motifs is 2. The van der Waals surface area contributed by atoms with Gasteiger partial charge in [-0.1, -0.05) is 72.8 Å². The normalized spacial score (nSPS) is 10.9. The second-order valence-electron chi connectivity index (χ2n) is 7.09. The molecular weight excluding hydrogens is 356 g/mol. The Hall–Kier alpha value is -3.78. The van der Waals surface area contributed by atoms with E-state index in [1.54, 1.807) is 0 Å². The van der Waals surface area contributed by atoms with Crippen molar-refractivity contribution in [1.29, 1.82) is 0 Å². The Kier molecular flexibility index (Phi) is 4.38. The van der Waals surface area contributed by atoms with Crippen LogP contribution in [-0.4, -0.2) is 0 Å². The number of ether oxygens (including phenoxy) is 2. The highest BCUT2D eigenvalue weighted by Crippen LogP contribution is 2.35. The lowest BCUT2D eigenvalue weighted by molar-refractivity contribution is 0.471. The zero-order valence-electron chi connectivity index (χ0n) is 16.1. The van der Waals surface area contributed by atoms with Gasteiger partial charge in [0.2, 0.25) is 0 Å². The minimum Gasteiger partial charge on any atom is -0.457 e. The minimum atomic E-state index is 0.795. The monoisotopic (exact) mass is 376 g/mol. The van der Waals surface area contributed by atoms with Crippen molar-refractivity contribution in [3.63, 3.8) is 0 Å². The lowest BCUT2D eigenvalue weighted by atomic mass is 10.1. The molecule has 0 aliphatic carbocycles. The van der Waals surface area contributed by atoms with Crippen LogP contribution in [0.2, 0.25) is 0 Å². The number of hydrogen-bond acceptors (Lipinski definition) is 2. The first-order chi connectivity index (χ1) is 14.3. The third kappa shape index (κ3) is 3.41. The van der Waals surface area contributed by atoms with E-state index in [-0.39, 0.29) is 0 Å². The van der Waals surface area contributed by atoms with Gasteiger partial charge in [-0.15, -0.1) is 0 Å². The number of aryl methyl sites for hydroxylation is 1. The zero-order valence-corrected chi connectivity index (χ0v) is 16.1. The highest BCUT2D eigenvalue weighted by atomic mass is 16.5. The molecule has 0 heterocycles. The highest BCUT2D eigenvalue weighted by Gasteiger charge is 2.08. The fourth-order valence-electron chi connectivity index (χ4n) is 3.61. The number of hydrogen-bond donors (Lipinski definition) is 0. The van der Waals surface area contributed by atoms with Crippen LogP contribution in [0.25, 0.3) is 21.5 Å². The summed E-state index contributed by atoms with van der Waals surface area (Å²) in [5, 5.41) is 4.53. The van der Waals surface area contributed by atoms with Gasteiger partial charge in [0, 0.05) is 10.8 Å². The van der Waals surface area contributed by atoms with Crippen LogP contribution in [0.15, 0.2) is 103 Å². The van der Waals surface area contributed by atoms with Crippen molar-refractivity contribution >= 4 is 21.5 Å². The summed E-state index contributed by atoms with van der Waals surface area (Å²) in [6, 6.07) is 34.6. The van der Waals surface area contributed by atoms with Crippen molar-refractivity contribution in [2.45, 2.75) is 6.92 Å². The molecule has 0 spiro atoms. The fourth-order valence-corrected chi connectivity index (χ4v) is 3.61. The second-order valence-corrected chi connectivity index (χ2v) is 7.09. The zero-order chi connectivity index (χ0) is 19.6. The number of benzene rings is 5. The Labute approximate surface area is 170 Å². The first-order valence-corrected chi connectivity index (χ1v) is 9.70. The molecule has 5 rings (SSSR count). The van der Waals surface area contributed by atoms with Crippen LogP contribution in [0.3, 0.4) is 0 Å². The predicted molar refractivity (Wildman–Crippen MR) is 119 cm³/mol. The maximum absolute atomic E-state index is 6.24. The molecule has 5 aromatic carbocycles. The molecule has 0 aliphatic rings. The van der Waals surface area contributed by atoms with E-state index in [4.69, 9.17) is 9.47 Å². The second kappa shape index (κ2) is 7.33. The molecule has 29 heavy (non-hydrogen) atoms. The van der Waals surface area contributed by atoms with Crippen LogP contribution >= 0.6 is 0 Å². The van der Waals surface area contributed by atoms with E-state index in [0.29, 0.717) is 0 Å². The molecule has 0 unspecified atom stereocenters. The average molecular weight is 376 g/mol. The maximum atomic E-state index is 6.24. The van der Waals surface area contributed by atoms with Crippen molar-refractivity contribution in [1.82, 2.24) is 0 Å². The van der Waals surface area contributed by atoms with Gasteiger partial charge in [0.15, 0.2) is 0 Å². The largest absolute Gasteiger partial charge is 0.457 e. The summed E-state index contributed by atoms with van der Waals surface area (Å²) in [7, 11) is 0. The lowest BCUT2D eigenvalue weighted by Crippen LogP contribution is -1.91. The molecule has 0 radical (unpaired) electrons. The standard InChI is InChI=1S/C27H20O2/c1-19-18-22(28-26-14-6-10-20-8-2-4-12-23(20)26)16-17-25(19)29-27-15-7-11-21-9-3-5-13-24(21)27/h2-18H,1H3. The van der Waals surface area contributed by atoms with Gasteiger partial charge in [-0.25, -0.2) is 0 Å². The Morgan fingerprint density at radius 1 is 0.483 bits per heavy atom. The Bertz CT molecular complexity index is 1310. The lowest BCUT2D eigenvalue weighted by Gasteiger charge is -2.13. The van der Waals surface area contributed by atoms with E-state index < -0.39 is 0 Å². The van der Waals surface area contributed by atoms with Gasteiger partial charge in [-0.3, -0.25) is 0 Å². The summed E-state index contributed by atoms with van der Waals surface area (Å²) in [6.45, 7) is 2.04. The van der Waals surface area contributed by atoms with E-state index in [2.05, 4.69) is 36.4 Å². The molecule has 0 aromatic heterocycles. The minimum absolute atomic E-state index is 0.795. The number of rotatable bonds is 4. The molecule has 0 fully saturated rings. The molecule has 0 aliphatic heterocycles. The predicted octanol–water partition coefficient (Wildman–Crippen LogP) is 7.89. The Morgan fingerprint density at radius 2 is 1.03 bits per heavy atom. The van der Waals surface area contributed by atoms with Crippen LogP contribution in [0, 0.1) is 6.92 Å². The molecule has 0 atom stereocenters. The maximum Gasteiger partial charge on any atom is 0.135 e. The van der Waals surface area contributed by atoms with Gasteiger partial charge in [0.1, 0.15) is 23.0 Å². The van der Waals surface area contributed by atoms with Gasteiger partial charge in [-0.05, 0) is 53.6 Å². The molecule has 0 amide bonds. The van der Waals surface area contributed by atoms with E-state index in [1.807, 2.05) is 73.7 Å². The Morgan fingerprint density at radius 3 is 1.66 bits per heavy atom. The third-order valence-electron chi connectivity index (χ3n) is 5.09. The summed E-state index contributed by atoms with van der Waals surface area (Å²) in [4.78, 5) is 0. The molecule has 0 saturated heterocycles. The average Bonchev–Trinajstić information content (AvgIpc) is 2.76. The van der Waals surface area contributed by atoms with E-state index in [0.717, 1.165) is 44.7 Å². The van der Waals surface area contributed by atoms with Crippen LogP contribution in [0.5, 0.6) is 23.0 Å². The van der Waals surface area contributed by atoms with Crippen molar-refractivity contribution in [2.24, 2.45) is 0 Å². The van der Waals surface area contributed by atoms with Gasteiger partial charge in [0.25, 0.3) is 0 Å². The summed E-state index contributed by atoms with van der Waals surface area (Å²) in [6.07, 6.45) is 0. The smallest absolute Gasteiger partial charge is 0.135 e. The molecule has 0 N–H and O–H groups in total. The van der Waals surface area contributed by atoms with Crippen LogP contribution in [0.4, 0.5) is 0 Å². The quantitative estimate of drug-likeness (QED) is 0.317. The van der Waals surface area contributed by atoms with E-state index in [1.165, 1.54) is 5.39 Å². The van der Waals surface area contributed by atoms with E-state index in [9.17, 15) is 0 Å². The third-order valence-corrected chi connectivity index (χ3v) is 5.09. The fraction of sp³-hybridized carbons (Fsp3) is 0.0370. The van der Waals surface area contributed by atoms with Crippen molar-refractivity contribution in [3.8, 4) is 23.0 Å². The Balaban J connectivity index is 1.44. The molecule has 2 heteroatoms. The van der Waals surface area contributed by atoms with Crippen LogP contribution < -0.4 is 9.47 Å². The topological polar surface area (TPSA) is 18.5 Å². The highest BCUT2D eigenvalue weighted by molar-refractivity contribution is 5.89. The molecule has 0 saturated carbocycles. The van der Waals surface area contributed by atoms with Gasteiger partial charge in [0.05, 0.1) is 0 Å². The molecular formula is C27H20O2. The van der Waals surface area contributed by atoms with Crippen molar-refractivity contribution in [2.75, 3.05) is 0 Å². The SMILES string of the molecule is Cc1cc(Oc2cccc3ccccc23)ccc1Oc1cccc2ccccc12. The molecule has 2 nitrogen and oxygen atoms in total. The van der Waals surface area contributed by atoms with Crippen LogP contribution in [0.1, 0.15) is 5.56 Å². The summed E-state index contributed by atoms with van der Waals surface area (Å²) >= 11 is 0. The van der Waals surface area contributed by atoms with Crippen molar-refractivity contribution < 1.29 is 9.47 Å². The van der Waals surface area contributed by atoms with Crippen molar-refractivity contribution in [3.05, 3.63) is 109 Å². The summed E-state index contributed by atoms with van der Waals surface area (Å²) < 4.78 is 12.4. The summed E-state index contributed by atoms with van der Waals surface area (Å²) in [5.41, 5.74) is 1.02. The molecule has 0 bridgehead atoms. The first-order valence-electron chi connectivity index (χ1n) is 9.70. The van der Waals surface area contributed by atoms with Gasteiger partial charge in [-0.2, -0.15) is 0 Å². The summed E-state index contributed by atoms with van der Waals surface area (Å²) in [5.74, 6) is 3.33.